The normalized spacial score (nSPS) is 10.7. The lowest BCUT2D eigenvalue weighted by molar-refractivity contribution is 0.0523. The highest BCUT2D eigenvalue weighted by Gasteiger charge is 2.16. The first-order valence-corrected chi connectivity index (χ1v) is 6.98. The molecule has 1 N–H and O–H groups in total. The molecule has 6 heteroatoms. The van der Waals surface area contributed by atoms with Crippen LogP contribution in [0, 0.1) is 11.3 Å². The molecule has 1 rings (SSSR count). The van der Waals surface area contributed by atoms with E-state index in [1.54, 1.807) is 26.8 Å². The van der Waals surface area contributed by atoms with E-state index in [1.807, 2.05) is 6.26 Å². The summed E-state index contributed by atoms with van der Waals surface area (Å²) in [7, 11) is 0. The molecule has 0 saturated carbocycles. The fourth-order valence-corrected chi connectivity index (χ4v) is 1.88. The Morgan fingerprint density at radius 3 is 2.79 bits per heavy atom. The van der Waals surface area contributed by atoms with E-state index in [2.05, 4.69) is 16.4 Å². The number of aromatic nitrogens is 1. The summed E-state index contributed by atoms with van der Waals surface area (Å²) in [6, 6.07) is 3.87. The number of nitrogens with one attached hydrogen (secondary N) is 1. The van der Waals surface area contributed by atoms with Gasteiger partial charge in [0.1, 0.15) is 11.7 Å². The van der Waals surface area contributed by atoms with Gasteiger partial charge in [0, 0.05) is 11.1 Å². The molecule has 0 aliphatic heterocycles. The van der Waals surface area contributed by atoms with Gasteiger partial charge in [0.2, 0.25) is 0 Å². The van der Waals surface area contributed by atoms with Crippen molar-refractivity contribution in [2.45, 2.75) is 37.8 Å². The minimum atomic E-state index is -0.521. The highest BCUT2D eigenvalue weighted by Crippen LogP contribution is 2.19. The van der Waals surface area contributed by atoms with Crippen molar-refractivity contribution >= 4 is 17.9 Å². The van der Waals surface area contributed by atoms with E-state index in [0.29, 0.717) is 11.3 Å². The van der Waals surface area contributed by atoms with Gasteiger partial charge in [0.25, 0.3) is 0 Å². The van der Waals surface area contributed by atoms with Gasteiger partial charge in [0.15, 0.2) is 0 Å². The molecule has 0 unspecified atom stereocenters. The molecule has 1 aromatic rings. The van der Waals surface area contributed by atoms with Crippen molar-refractivity contribution in [3.8, 4) is 6.07 Å². The number of carbonyl (C=O) groups is 1. The summed E-state index contributed by atoms with van der Waals surface area (Å²) in [4.78, 5) is 16.5. The Morgan fingerprint density at radius 1 is 1.58 bits per heavy atom. The Balaban J connectivity index is 2.64. The lowest BCUT2D eigenvalue weighted by Crippen LogP contribution is -2.32. The number of pyridine rings is 1. The zero-order valence-corrected chi connectivity index (χ0v) is 12.3. The number of ether oxygens (including phenoxy) is 1. The molecule has 1 aromatic heterocycles. The SMILES string of the molecule is CSc1cc(CNC(=O)OC(C)(C)C)ncc1C#N. The van der Waals surface area contributed by atoms with Crippen molar-refractivity contribution in [3.05, 3.63) is 23.5 Å². The monoisotopic (exact) mass is 279 g/mol. The molecule has 0 radical (unpaired) electrons. The predicted octanol–water partition coefficient (Wildman–Crippen LogP) is 2.70. The quantitative estimate of drug-likeness (QED) is 0.861. The van der Waals surface area contributed by atoms with Crippen molar-refractivity contribution in [3.63, 3.8) is 0 Å². The van der Waals surface area contributed by atoms with Crippen LogP contribution < -0.4 is 5.32 Å². The van der Waals surface area contributed by atoms with Crippen LogP contribution in [0.15, 0.2) is 17.2 Å². The van der Waals surface area contributed by atoms with E-state index in [0.717, 1.165) is 4.90 Å². The molecule has 1 amide bonds. The average molecular weight is 279 g/mol. The number of hydrogen-bond acceptors (Lipinski definition) is 5. The van der Waals surface area contributed by atoms with E-state index < -0.39 is 11.7 Å². The van der Waals surface area contributed by atoms with Gasteiger partial charge >= 0.3 is 6.09 Å². The van der Waals surface area contributed by atoms with Crippen molar-refractivity contribution < 1.29 is 9.53 Å². The van der Waals surface area contributed by atoms with Crippen LogP contribution in [-0.2, 0) is 11.3 Å². The number of carbonyl (C=O) groups excluding carboxylic acids is 1. The first-order chi connectivity index (χ1) is 8.85. The average Bonchev–Trinajstić information content (AvgIpc) is 2.33. The zero-order chi connectivity index (χ0) is 14.5. The Kier molecular flexibility index (Phi) is 5.19. The lowest BCUT2D eigenvalue weighted by atomic mass is 10.2. The fourth-order valence-electron chi connectivity index (χ4n) is 1.30. The van der Waals surface area contributed by atoms with Gasteiger partial charge in [-0.1, -0.05) is 0 Å². The van der Waals surface area contributed by atoms with E-state index in [1.165, 1.54) is 18.0 Å². The van der Waals surface area contributed by atoms with E-state index in [4.69, 9.17) is 10.00 Å². The largest absolute Gasteiger partial charge is 0.444 e. The van der Waals surface area contributed by atoms with Gasteiger partial charge in [-0.05, 0) is 33.1 Å². The highest BCUT2D eigenvalue weighted by molar-refractivity contribution is 7.98. The lowest BCUT2D eigenvalue weighted by Gasteiger charge is -2.19. The first kappa shape index (κ1) is 15.3. The van der Waals surface area contributed by atoms with Crippen LogP contribution in [0.1, 0.15) is 32.0 Å². The van der Waals surface area contributed by atoms with Gasteiger partial charge in [-0.3, -0.25) is 4.98 Å². The molecule has 102 valence electrons. The molecule has 0 aliphatic carbocycles. The first-order valence-electron chi connectivity index (χ1n) is 5.75. The number of nitriles is 1. The van der Waals surface area contributed by atoms with Crippen LogP contribution in [0.3, 0.4) is 0 Å². The Labute approximate surface area is 117 Å². The Bertz CT molecular complexity index is 504. The van der Waals surface area contributed by atoms with Crippen LogP contribution in [0.4, 0.5) is 4.79 Å². The topological polar surface area (TPSA) is 75.0 Å². The van der Waals surface area contributed by atoms with Crippen molar-refractivity contribution in [1.82, 2.24) is 10.3 Å². The standard InChI is InChI=1S/C13H17N3O2S/c1-13(2,3)18-12(17)16-8-10-5-11(19-4)9(6-14)7-15-10/h5,7H,8H2,1-4H3,(H,16,17). The van der Waals surface area contributed by atoms with Crippen LogP contribution in [0.2, 0.25) is 0 Å². The molecule has 5 nitrogen and oxygen atoms in total. The van der Waals surface area contributed by atoms with Crippen LogP contribution in [0.5, 0.6) is 0 Å². The minimum Gasteiger partial charge on any atom is -0.444 e. The highest BCUT2D eigenvalue weighted by atomic mass is 32.2. The second-order valence-electron chi connectivity index (χ2n) is 4.84. The number of nitrogens with zero attached hydrogens (tertiary/aromatic N) is 2. The van der Waals surface area contributed by atoms with Crippen molar-refractivity contribution in [2.75, 3.05) is 6.26 Å². The van der Waals surface area contributed by atoms with Gasteiger partial charge in [-0.2, -0.15) is 5.26 Å². The van der Waals surface area contributed by atoms with Crippen molar-refractivity contribution in [1.29, 1.82) is 5.26 Å². The maximum atomic E-state index is 11.5. The van der Waals surface area contributed by atoms with Gasteiger partial charge < -0.3 is 10.1 Å². The predicted molar refractivity (Wildman–Crippen MR) is 73.8 cm³/mol. The summed E-state index contributed by atoms with van der Waals surface area (Å²) in [5, 5.41) is 11.5. The number of rotatable bonds is 3. The van der Waals surface area contributed by atoms with Gasteiger partial charge in [0.05, 0.1) is 17.8 Å². The Morgan fingerprint density at radius 2 is 2.26 bits per heavy atom. The van der Waals surface area contributed by atoms with E-state index >= 15 is 0 Å². The molecule has 0 spiro atoms. The molecule has 0 aromatic carbocycles. The smallest absolute Gasteiger partial charge is 0.407 e. The molecular weight excluding hydrogens is 262 g/mol. The third-order valence-electron chi connectivity index (χ3n) is 2.08. The van der Waals surface area contributed by atoms with Crippen LogP contribution >= 0.6 is 11.8 Å². The number of hydrogen-bond donors (Lipinski definition) is 1. The molecule has 0 aliphatic rings. The Hall–Kier alpha value is -1.74. The molecule has 0 saturated heterocycles. The van der Waals surface area contributed by atoms with Crippen LogP contribution in [-0.4, -0.2) is 22.9 Å². The summed E-state index contributed by atoms with van der Waals surface area (Å²) >= 11 is 1.47. The summed E-state index contributed by atoms with van der Waals surface area (Å²) in [5.74, 6) is 0. The molecule has 1 heterocycles. The second kappa shape index (κ2) is 6.43. The second-order valence-corrected chi connectivity index (χ2v) is 5.69. The summed E-state index contributed by atoms with van der Waals surface area (Å²) in [6.45, 7) is 5.68. The molecule has 0 bridgehead atoms. The van der Waals surface area contributed by atoms with Gasteiger partial charge in [-0.25, -0.2) is 4.79 Å². The molecular formula is C13H17N3O2S. The summed E-state index contributed by atoms with van der Waals surface area (Å²) in [6.07, 6.45) is 2.92. The zero-order valence-electron chi connectivity index (χ0n) is 11.5. The van der Waals surface area contributed by atoms with Crippen molar-refractivity contribution in [2.24, 2.45) is 0 Å². The fraction of sp³-hybridized carbons (Fsp3) is 0.462. The van der Waals surface area contributed by atoms with E-state index in [-0.39, 0.29) is 6.54 Å². The maximum absolute atomic E-state index is 11.5. The minimum absolute atomic E-state index is 0.272. The molecule has 0 fully saturated rings. The van der Waals surface area contributed by atoms with E-state index in [9.17, 15) is 4.79 Å². The molecule has 19 heavy (non-hydrogen) atoms. The molecule has 0 atom stereocenters. The van der Waals surface area contributed by atoms with Gasteiger partial charge in [-0.15, -0.1) is 11.8 Å². The summed E-state index contributed by atoms with van der Waals surface area (Å²) < 4.78 is 5.13. The van der Waals surface area contributed by atoms with Crippen LogP contribution in [0.25, 0.3) is 0 Å². The third kappa shape index (κ3) is 5.18. The number of thioether (sulfide) groups is 1. The maximum Gasteiger partial charge on any atom is 0.407 e. The summed E-state index contributed by atoms with van der Waals surface area (Å²) in [5.41, 5.74) is 0.704. The number of amides is 1. The number of alkyl carbamates (subject to hydrolysis) is 1. The third-order valence-corrected chi connectivity index (χ3v) is 2.85.